The average molecular weight is 311 g/mol. The zero-order chi connectivity index (χ0) is 15.6. The molecule has 5 heteroatoms. The highest BCUT2D eigenvalue weighted by molar-refractivity contribution is 5.71. The van der Waals surface area contributed by atoms with Crippen LogP contribution in [0, 0.1) is 5.82 Å². The lowest BCUT2D eigenvalue weighted by Crippen LogP contribution is -2.17. The minimum Gasteiger partial charge on any atom is -0.376 e. The van der Waals surface area contributed by atoms with Crippen LogP contribution in [0.4, 0.5) is 4.39 Å². The Morgan fingerprint density at radius 1 is 1.26 bits per heavy atom. The van der Waals surface area contributed by atoms with Crippen molar-refractivity contribution in [2.45, 2.75) is 31.9 Å². The fourth-order valence-corrected chi connectivity index (χ4v) is 3.15. The van der Waals surface area contributed by atoms with E-state index in [2.05, 4.69) is 9.55 Å². The SMILES string of the molecule is Fc1cccc(Cc2nc3cccnc3n2CC2CCCO2)c1. The fraction of sp³-hybridized carbons (Fsp3) is 0.333. The number of nitrogens with zero attached hydrogens (tertiary/aromatic N) is 3. The quantitative estimate of drug-likeness (QED) is 0.742. The number of fused-ring (bicyclic) bond motifs is 1. The second-order valence-electron chi connectivity index (χ2n) is 5.93. The van der Waals surface area contributed by atoms with Crippen molar-refractivity contribution in [3.05, 3.63) is 59.8 Å². The van der Waals surface area contributed by atoms with Crippen LogP contribution in [0.2, 0.25) is 0 Å². The maximum absolute atomic E-state index is 13.4. The summed E-state index contributed by atoms with van der Waals surface area (Å²) in [4.78, 5) is 9.18. The monoisotopic (exact) mass is 311 g/mol. The maximum atomic E-state index is 13.4. The Balaban J connectivity index is 1.72. The zero-order valence-corrected chi connectivity index (χ0v) is 12.8. The summed E-state index contributed by atoms with van der Waals surface area (Å²) in [5.74, 6) is 0.683. The summed E-state index contributed by atoms with van der Waals surface area (Å²) in [6.07, 6.45) is 4.74. The number of aromatic nitrogens is 3. The third-order valence-electron chi connectivity index (χ3n) is 4.24. The van der Waals surface area contributed by atoms with E-state index in [1.165, 1.54) is 6.07 Å². The number of benzene rings is 1. The van der Waals surface area contributed by atoms with Gasteiger partial charge < -0.3 is 9.30 Å². The molecule has 4 nitrogen and oxygen atoms in total. The van der Waals surface area contributed by atoms with Crippen LogP contribution in [-0.2, 0) is 17.7 Å². The largest absolute Gasteiger partial charge is 0.376 e. The number of ether oxygens (including phenoxy) is 1. The Hall–Kier alpha value is -2.27. The maximum Gasteiger partial charge on any atom is 0.160 e. The van der Waals surface area contributed by atoms with Crippen molar-refractivity contribution in [2.75, 3.05) is 6.61 Å². The molecule has 1 aliphatic rings. The second kappa shape index (κ2) is 6.08. The van der Waals surface area contributed by atoms with Crippen LogP contribution in [0.5, 0.6) is 0 Å². The highest BCUT2D eigenvalue weighted by Crippen LogP contribution is 2.21. The van der Waals surface area contributed by atoms with Gasteiger partial charge in [0.1, 0.15) is 17.2 Å². The van der Waals surface area contributed by atoms with Crippen molar-refractivity contribution in [3.8, 4) is 0 Å². The number of hydrogen-bond donors (Lipinski definition) is 0. The lowest BCUT2D eigenvalue weighted by Gasteiger charge is -2.13. The van der Waals surface area contributed by atoms with Crippen molar-refractivity contribution in [1.82, 2.24) is 14.5 Å². The van der Waals surface area contributed by atoms with Crippen LogP contribution in [0.1, 0.15) is 24.2 Å². The molecule has 0 spiro atoms. The lowest BCUT2D eigenvalue weighted by molar-refractivity contribution is 0.0971. The molecule has 0 aliphatic carbocycles. The number of hydrogen-bond acceptors (Lipinski definition) is 3. The summed E-state index contributed by atoms with van der Waals surface area (Å²) in [5.41, 5.74) is 2.65. The lowest BCUT2D eigenvalue weighted by atomic mass is 10.1. The molecule has 1 fully saturated rings. The van der Waals surface area contributed by atoms with E-state index in [-0.39, 0.29) is 11.9 Å². The minimum absolute atomic E-state index is 0.209. The Bertz CT molecular complexity index is 824. The molecule has 2 aromatic heterocycles. The number of imidazole rings is 1. The van der Waals surface area contributed by atoms with E-state index in [9.17, 15) is 4.39 Å². The Morgan fingerprint density at radius 2 is 2.22 bits per heavy atom. The van der Waals surface area contributed by atoms with Crippen molar-refractivity contribution < 1.29 is 9.13 Å². The molecule has 3 heterocycles. The van der Waals surface area contributed by atoms with Crippen LogP contribution in [0.15, 0.2) is 42.6 Å². The van der Waals surface area contributed by atoms with E-state index in [4.69, 9.17) is 9.72 Å². The predicted octanol–water partition coefficient (Wildman–Crippen LogP) is 3.34. The molecule has 1 unspecified atom stereocenters. The van der Waals surface area contributed by atoms with E-state index < -0.39 is 0 Å². The minimum atomic E-state index is -0.220. The molecule has 0 radical (unpaired) electrons. The summed E-state index contributed by atoms with van der Waals surface area (Å²) in [5, 5.41) is 0. The van der Waals surface area contributed by atoms with E-state index in [0.717, 1.165) is 48.5 Å². The first kappa shape index (κ1) is 14.3. The van der Waals surface area contributed by atoms with E-state index in [1.807, 2.05) is 18.2 Å². The normalized spacial score (nSPS) is 17.9. The third kappa shape index (κ3) is 2.97. The number of pyridine rings is 1. The van der Waals surface area contributed by atoms with Gasteiger partial charge in [0.05, 0.1) is 12.6 Å². The first-order chi connectivity index (χ1) is 11.3. The van der Waals surface area contributed by atoms with E-state index >= 15 is 0 Å². The molecule has 0 N–H and O–H groups in total. The van der Waals surface area contributed by atoms with Gasteiger partial charge in [-0.15, -0.1) is 0 Å². The first-order valence-electron chi connectivity index (χ1n) is 7.96. The molecule has 4 rings (SSSR count). The van der Waals surface area contributed by atoms with Gasteiger partial charge in [-0.1, -0.05) is 12.1 Å². The number of halogens is 1. The number of rotatable bonds is 4. The highest BCUT2D eigenvalue weighted by atomic mass is 19.1. The molecule has 1 saturated heterocycles. The molecule has 3 aromatic rings. The van der Waals surface area contributed by atoms with Crippen molar-refractivity contribution in [2.24, 2.45) is 0 Å². The van der Waals surface area contributed by atoms with Gasteiger partial charge in [0.25, 0.3) is 0 Å². The summed E-state index contributed by atoms with van der Waals surface area (Å²) in [7, 11) is 0. The Labute approximate surface area is 133 Å². The van der Waals surface area contributed by atoms with Gasteiger partial charge in [-0.25, -0.2) is 14.4 Å². The topological polar surface area (TPSA) is 39.9 Å². The zero-order valence-electron chi connectivity index (χ0n) is 12.8. The van der Waals surface area contributed by atoms with Crippen molar-refractivity contribution in [3.63, 3.8) is 0 Å². The van der Waals surface area contributed by atoms with Gasteiger partial charge in [-0.3, -0.25) is 0 Å². The smallest absolute Gasteiger partial charge is 0.160 e. The summed E-state index contributed by atoms with van der Waals surface area (Å²) in [6, 6.07) is 10.5. The van der Waals surface area contributed by atoms with Gasteiger partial charge in [0, 0.05) is 19.2 Å². The van der Waals surface area contributed by atoms with Crippen LogP contribution >= 0.6 is 0 Å². The predicted molar refractivity (Wildman–Crippen MR) is 85.7 cm³/mol. The molecule has 23 heavy (non-hydrogen) atoms. The standard InChI is InChI=1S/C18H18FN3O/c19-14-5-1-4-13(10-14)11-17-21-16-7-2-8-20-18(16)22(17)12-15-6-3-9-23-15/h1-2,4-5,7-8,10,15H,3,6,9,11-12H2. The second-order valence-corrected chi connectivity index (χ2v) is 5.93. The third-order valence-corrected chi connectivity index (χ3v) is 4.24. The van der Waals surface area contributed by atoms with Gasteiger partial charge >= 0.3 is 0 Å². The van der Waals surface area contributed by atoms with Crippen LogP contribution in [0.3, 0.4) is 0 Å². The molecular weight excluding hydrogens is 293 g/mol. The molecule has 1 aromatic carbocycles. The molecule has 1 aliphatic heterocycles. The van der Waals surface area contributed by atoms with Crippen molar-refractivity contribution in [1.29, 1.82) is 0 Å². The van der Waals surface area contributed by atoms with E-state index in [1.54, 1.807) is 18.3 Å². The van der Waals surface area contributed by atoms with Gasteiger partial charge in [-0.2, -0.15) is 0 Å². The van der Waals surface area contributed by atoms with Crippen LogP contribution < -0.4 is 0 Å². The van der Waals surface area contributed by atoms with Gasteiger partial charge in [0.2, 0.25) is 0 Å². The average Bonchev–Trinajstić information content (AvgIpc) is 3.17. The molecule has 0 bridgehead atoms. The van der Waals surface area contributed by atoms with Crippen molar-refractivity contribution >= 4 is 11.2 Å². The molecule has 1 atom stereocenters. The van der Waals surface area contributed by atoms with E-state index in [0.29, 0.717) is 6.42 Å². The van der Waals surface area contributed by atoms with Crippen LogP contribution in [-0.4, -0.2) is 27.2 Å². The molecule has 118 valence electrons. The molecule has 0 amide bonds. The van der Waals surface area contributed by atoms with Gasteiger partial charge in [-0.05, 0) is 42.7 Å². The summed E-state index contributed by atoms with van der Waals surface area (Å²) < 4.78 is 21.3. The summed E-state index contributed by atoms with van der Waals surface area (Å²) >= 11 is 0. The fourth-order valence-electron chi connectivity index (χ4n) is 3.15. The van der Waals surface area contributed by atoms with Gasteiger partial charge in [0.15, 0.2) is 5.65 Å². The molecule has 0 saturated carbocycles. The molecular formula is C18H18FN3O. The Morgan fingerprint density at radius 3 is 3.04 bits per heavy atom. The Kier molecular flexibility index (Phi) is 3.79. The summed E-state index contributed by atoms with van der Waals surface area (Å²) in [6.45, 7) is 1.57. The first-order valence-corrected chi connectivity index (χ1v) is 7.96. The van der Waals surface area contributed by atoms with Crippen LogP contribution in [0.25, 0.3) is 11.2 Å². The highest BCUT2D eigenvalue weighted by Gasteiger charge is 2.20.